The number of carbonyl (C=O) groups is 2. The third-order valence-corrected chi connectivity index (χ3v) is 14.5. The van der Waals surface area contributed by atoms with Crippen molar-refractivity contribution in [3.05, 3.63) is 122 Å². The van der Waals surface area contributed by atoms with Gasteiger partial charge in [0, 0.05) is 12.8 Å². The molecule has 0 saturated heterocycles. The maximum Gasteiger partial charge on any atom is 0.472 e. The average Bonchev–Trinajstić information content (AvgIpc) is 3.42. The number of hydrogen-bond donors (Lipinski definition) is 1. The lowest BCUT2D eigenvalue weighted by Gasteiger charge is -2.24. The van der Waals surface area contributed by atoms with Crippen LogP contribution in [0.5, 0.6) is 0 Å². The predicted octanol–water partition coefficient (Wildman–Crippen LogP) is 20.7. The van der Waals surface area contributed by atoms with Gasteiger partial charge in [0.05, 0.1) is 27.7 Å². The van der Waals surface area contributed by atoms with Crippen LogP contribution in [0, 0.1) is 0 Å². The molecular weight excluding hydrogens is 1010 g/mol. The summed E-state index contributed by atoms with van der Waals surface area (Å²) in [7, 11) is 1.44. The van der Waals surface area contributed by atoms with Crippen LogP contribution in [0.1, 0.15) is 258 Å². The Kier molecular flexibility index (Phi) is 57.3. The molecule has 0 heterocycles. The molecule has 0 rings (SSSR count). The molecule has 0 aliphatic heterocycles. The lowest BCUT2D eigenvalue weighted by molar-refractivity contribution is -0.870. The summed E-state index contributed by atoms with van der Waals surface area (Å²) >= 11 is 0. The number of carbonyl (C=O) groups excluding carboxylic acids is 2. The largest absolute Gasteiger partial charge is 0.472 e. The van der Waals surface area contributed by atoms with E-state index in [0.717, 1.165) is 89.9 Å². The van der Waals surface area contributed by atoms with Gasteiger partial charge in [-0.2, -0.15) is 0 Å². The van der Waals surface area contributed by atoms with E-state index in [0.29, 0.717) is 23.9 Å². The molecule has 0 aliphatic carbocycles. The number of allylic oxidation sites excluding steroid dienone is 20. The minimum Gasteiger partial charge on any atom is -0.462 e. The lowest BCUT2D eigenvalue weighted by atomic mass is 10.0. The van der Waals surface area contributed by atoms with E-state index >= 15 is 0 Å². The molecule has 1 N–H and O–H groups in total. The van der Waals surface area contributed by atoms with Crippen molar-refractivity contribution in [2.45, 2.75) is 264 Å². The molecule has 458 valence electrons. The molecule has 0 amide bonds. The molecule has 9 nitrogen and oxygen atoms in total. The highest BCUT2D eigenvalue weighted by Crippen LogP contribution is 2.43. The van der Waals surface area contributed by atoms with Crippen LogP contribution in [0.2, 0.25) is 0 Å². The summed E-state index contributed by atoms with van der Waals surface area (Å²) in [5, 5.41) is 0. The van der Waals surface area contributed by atoms with Crippen LogP contribution >= 0.6 is 7.82 Å². The van der Waals surface area contributed by atoms with Crippen LogP contribution in [0.3, 0.4) is 0 Å². The minimum absolute atomic E-state index is 0.0191. The molecule has 2 atom stereocenters. The van der Waals surface area contributed by atoms with E-state index in [-0.39, 0.29) is 26.1 Å². The van der Waals surface area contributed by atoms with Crippen molar-refractivity contribution in [2.24, 2.45) is 0 Å². The van der Waals surface area contributed by atoms with Gasteiger partial charge in [0.2, 0.25) is 0 Å². The van der Waals surface area contributed by atoms with E-state index in [1.54, 1.807) is 0 Å². The minimum atomic E-state index is -4.40. The van der Waals surface area contributed by atoms with E-state index < -0.39 is 32.5 Å². The molecule has 0 aromatic heterocycles. The molecule has 0 bridgehead atoms. The van der Waals surface area contributed by atoms with Crippen molar-refractivity contribution in [1.29, 1.82) is 0 Å². The second-order valence-electron chi connectivity index (χ2n) is 22.4. The summed E-state index contributed by atoms with van der Waals surface area (Å²) in [5.74, 6) is -0.865. The fourth-order valence-corrected chi connectivity index (χ4v) is 9.35. The Morgan fingerprint density at radius 1 is 0.388 bits per heavy atom. The summed E-state index contributed by atoms with van der Waals surface area (Å²) in [6.45, 7) is 4.14. The molecule has 0 radical (unpaired) electrons. The van der Waals surface area contributed by atoms with Gasteiger partial charge in [0.25, 0.3) is 0 Å². The second-order valence-corrected chi connectivity index (χ2v) is 23.8. The normalized spacial score (nSPS) is 14.0. The number of unbranched alkanes of at least 4 members (excludes halogenated alkanes) is 24. The highest BCUT2D eigenvalue weighted by molar-refractivity contribution is 7.47. The van der Waals surface area contributed by atoms with E-state index in [1.807, 2.05) is 21.1 Å². The molecule has 0 aromatic carbocycles. The Morgan fingerprint density at radius 2 is 0.688 bits per heavy atom. The summed E-state index contributed by atoms with van der Waals surface area (Å²) in [6, 6.07) is 0. The van der Waals surface area contributed by atoms with Crippen LogP contribution in [0.4, 0.5) is 0 Å². The zero-order chi connectivity index (χ0) is 58.4. The molecule has 0 aliphatic rings. The molecule has 0 spiro atoms. The van der Waals surface area contributed by atoms with Crippen molar-refractivity contribution >= 4 is 19.8 Å². The number of esters is 2. The molecule has 80 heavy (non-hydrogen) atoms. The van der Waals surface area contributed by atoms with Crippen molar-refractivity contribution in [3.8, 4) is 0 Å². The third kappa shape index (κ3) is 63.6. The molecule has 10 heteroatoms. The number of hydrogen-bond acceptors (Lipinski definition) is 7. The summed E-state index contributed by atoms with van der Waals surface area (Å²) < 4.78 is 34.5. The monoisotopic (exact) mass is 1130 g/mol. The van der Waals surface area contributed by atoms with E-state index in [9.17, 15) is 19.0 Å². The predicted molar refractivity (Wildman–Crippen MR) is 344 cm³/mol. The van der Waals surface area contributed by atoms with E-state index in [1.165, 1.54) is 128 Å². The van der Waals surface area contributed by atoms with Crippen molar-refractivity contribution in [2.75, 3.05) is 47.5 Å². The van der Waals surface area contributed by atoms with Crippen molar-refractivity contribution < 1.29 is 42.1 Å². The van der Waals surface area contributed by atoms with E-state index in [2.05, 4.69) is 135 Å². The van der Waals surface area contributed by atoms with Crippen LogP contribution in [-0.4, -0.2) is 74.9 Å². The standard InChI is InChI=1S/C70H120NO8P/c1-6-8-10-12-14-16-18-20-22-24-25-26-27-28-29-30-31-32-33-34-35-36-37-38-39-40-41-42-43-44-45-47-49-51-53-55-57-59-61-63-70(73)79-68(67-78-80(74,75)77-65-64-71(3,4)5)66-76-69(72)62-60-58-56-54-52-50-48-46-23-21-19-17-15-13-11-9-7-2/h8-11,14-17,20-23,25-26,28-29,48,50,54,56,68H,6-7,12-13,18-19,24,27,30-47,49,51-53,55,57-67H2,1-5H3/p+1/b10-8-,11-9-,16-14-,17-15-,22-20-,23-21-,26-25-,29-28-,50-48-,56-54-. The van der Waals surface area contributed by atoms with Gasteiger partial charge in [0.1, 0.15) is 19.8 Å². The first-order valence-electron chi connectivity index (χ1n) is 32.3. The fraction of sp³-hybridized carbons (Fsp3) is 0.686. The fourth-order valence-electron chi connectivity index (χ4n) is 8.61. The quantitative estimate of drug-likeness (QED) is 0.0211. The van der Waals surface area contributed by atoms with Gasteiger partial charge in [-0.25, -0.2) is 4.57 Å². The van der Waals surface area contributed by atoms with Gasteiger partial charge < -0.3 is 18.9 Å². The summed E-state index contributed by atoms with van der Waals surface area (Å²) in [6.07, 6.45) is 86.0. The maximum atomic E-state index is 12.8. The average molecular weight is 1140 g/mol. The van der Waals surface area contributed by atoms with Gasteiger partial charge in [-0.3, -0.25) is 18.6 Å². The van der Waals surface area contributed by atoms with Gasteiger partial charge >= 0.3 is 19.8 Å². The van der Waals surface area contributed by atoms with Gasteiger partial charge in [-0.15, -0.1) is 0 Å². The van der Waals surface area contributed by atoms with Crippen molar-refractivity contribution in [1.82, 2.24) is 0 Å². The summed E-state index contributed by atoms with van der Waals surface area (Å²) in [4.78, 5) is 35.7. The van der Waals surface area contributed by atoms with E-state index in [4.69, 9.17) is 18.5 Å². The Labute approximate surface area is 492 Å². The Hall–Kier alpha value is -3.59. The number of likely N-dealkylation sites (N-methyl/N-ethyl adjacent to an activating group) is 1. The summed E-state index contributed by atoms with van der Waals surface area (Å²) in [5.41, 5.74) is 0. The first-order chi connectivity index (χ1) is 39.0. The SMILES string of the molecule is CC/C=C\C/C=C\C/C=C\C/C=C\C/C=C\CCCCCCCCCCCCCCCCCCCCCCCCCC(=O)OC(COC(=O)CCC/C=C\C/C=C\C/C=C\C/C=C\C/C=C\CC)COP(=O)(O)OCC[N+](C)(C)C. The first kappa shape index (κ1) is 76.4. The van der Waals surface area contributed by atoms with Gasteiger partial charge in [-0.1, -0.05) is 270 Å². The molecule has 0 saturated carbocycles. The number of quaternary nitrogens is 1. The number of rotatable bonds is 58. The maximum absolute atomic E-state index is 12.8. The lowest BCUT2D eigenvalue weighted by Crippen LogP contribution is -2.37. The number of phosphoric acid groups is 1. The number of phosphoric ester groups is 1. The van der Waals surface area contributed by atoms with Crippen LogP contribution < -0.4 is 0 Å². The molecule has 2 unspecified atom stereocenters. The Balaban J connectivity index is 4.00. The van der Waals surface area contributed by atoms with Gasteiger partial charge in [0.15, 0.2) is 6.10 Å². The second kappa shape index (κ2) is 60.0. The van der Waals surface area contributed by atoms with Crippen LogP contribution in [0.25, 0.3) is 0 Å². The highest BCUT2D eigenvalue weighted by atomic mass is 31.2. The molecule has 0 fully saturated rings. The van der Waals surface area contributed by atoms with Crippen LogP contribution in [0.15, 0.2) is 122 Å². The number of ether oxygens (including phenoxy) is 2. The third-order valence-electron chi connectivity index (χ3n) is 13.5. The van der Waals surface area contributed by atoms with Crippen molar-refractivity contribution in [3.63, 3.8) is 0 Å². The Morgan fingerprint density at radius 3 is 1.04 bits per heavy atom. The molecule has 0 aromatic rings. The topological polar surface area (TPSA) is 108 Å². The smallest absolute Gasteiger partial charge is 0.462 e. The zero-order valence-corrected chi connectivity index (χ0v) is 52.9. The first-order valence-corrected chi connectivity index (χ1v) is 33.8. The Bertz CT molecular complexity index is 1760. The highest BCUT2D eigenvalue weighted by Gasteiger charge is 2.27. The number of nitrogens with zero attached hydrogens (tertiary/aromatic N) is 1. The zero-order valence-electron chi connectivity index (χ0n) is 52.0. The van der Waals surface area contributed by atoms with Gasteiger partial charge in [-0.05, 0) is 96.3 Å². The van der Waals surface area contributed by atoms with Crippen LogP contribution in [-0.2, 0) is 32.7 Å². The molecular formula is C70H121NO8P+.